The minimum atomic E-state index is -4.76. The van der Waals surface area contributed by atoms with Gasteiger partial charge in [-0.3, -0.25) is 4.79 Å². The second-order valence-electron chi connectivity index (χ2n) is 5.95. The minimum absolute atomic E-state index is 0.161. The van der Waals surface area contributed by atoms with E-state index in [0.717, 1.165) is 21.8 Å². The predicted molar refractivity (Wildman–Crippen MR) is 110 cm³/mol. The van der Waals surface area contributed by atoms with E-state index in [2.05, 4.69) is 15.5 Å². The van der Waals surface area contributed by atoms with Gasteiger partial charge in [-0.05, 0) is 18.6 Å². The Morgan fingerprint density at radius 3 is 2.58 bits per heavy atom. The summed E-state index contributed by atoms with van der Waals surface area (Å²) in [5, 5.41) is 8.67. The number of nitrogen functional groups attached to an aromatic ring is 1. The normalized spacial score (nSPS) is 11.4. The first-order valence-electron chi connectivity index (χ1n) is 8.77. The Morgan fingerprint density at radius 2 is 1.97 bits per heavy atom. The number of nitrogens with two attached hydrogens (primary N) is 1. The molecule has 3 aromatic rings. The van der Waals surface area contributed by atoms with Crippen molar-refractivity contribution >= 4 is 40.7 Å². The number of amides is 1. The lowest BCUT2D eigenvalue weighted by Gasteiger charge is -2.07. The third kappa shape index (κ3) is 5.35. The quantitative estimate of drug-likeness (QED) is 0.307. The molecule has 164 valence electrons. The second-order valence-corrected chi connectivity index (χ2v) is 7.95. The van der Waals surface area contributed by atoms with Crippen LogP contribution in [0.15, 0.2) is 41.6 Å². The molecule has 0 aliphatic carbocycles. The van der Waals surface area contributed by atoms with Crippen LogP contribution in [0.4, 0.5) is 18.9 Å². The summed E-state index contributed by atoms with van der Waals surface area (Å²) in [6, 6.07) is 10.9. The van der Waals surface area contributed by atoms with Crippen molar-refractivity contribution in [2.75, 3.05) is 23.5 Å². The van der Waals surface area contributed by atoms with Crippen molar-refractivity contribution in [3.63, 3.8) is 0 Å². The van der Waals surface area contributed by atoms with Crippen molar-refractivity contribution in [2.45, 2.75) is 18.3 Å². The number of carbonyl (C=O) groups excluding carboxylic acids is 2. The molecule has 2 aromatic heterocycles. The van der Waals surface area contributed by atoms with Crippen LogP contribution in [0.2, 0.25) is 0 Å². The molecule has 31 heavy (non-hydrogen) atoms. The number of rotatable bonds is 7. The molecular formula is C18H16F3N5O3S2. The van der Waals surface area contributed by atoms with Crippen molar-refractivity contribution in [3.8, 4) is 10.4 Å². The topological polar surface area (TPSA) is 112 Å². The van der Waals surface area contributed by atoms with Gasteiger partial charge in [0.25, 0.3) is 5.82 Å². The summed E-state index contributed by atoms with van der Waals surface area (Å²) in [5.74, 6) is 2.53. The first-order valence-corrected chi connectivity index (χ1v) is 10.6. The average molecular weight is 471 g/mol. The molecule has 0 aliphatic rings. The number of esters is 1. The number of carbonyl (C=O) groups is 2. The van der Waals surface area contributed by atoms with Crippen LogP contribution in [0.25, 0.3) is 10.4 Å². The van der Waals surface area contributed by atoms with E-state index in [9.17, 15) is 22.8 Å². The Balaban J connectivity index is 1.75. The van der Waals surface area contributed by atoms with Gasteiger partial charge >= 0.3 is 12.1 Å². The number of ether oxygens (including phenoxy) is 1. The van der Waals surface area contributed by atoms with Gasteiger partial charge in [0, 0.05) is 4.88 Å². The molecule has 3 N–H and O–H groups in total. The van der Waals surface area contributed by atoms with Crippen molar-refractivity contribution in [1.29, 1.82) is 0 Å². The van der Waals surface area contributed by atoms with Gasteiger partial charge in [-0.2, -0.15) is 13.2 Å². The molecule has 1 aromatic carbocycles. The van der Waals surface area contributed by atoms with Crippen molar-refractivity contribution < 1.29 is 27.5 Å². The fourth-order valence-electron chi connectivity index (χ4n) is 2.46. The molecule has 13 heteroatoms. The molecular weight excluding hydrogens is 455 g/mol. The first-order chi connectivity index (χ1) is 14.7. The fourth-order valence-corrected chi connectivity index (χ4v) is 4.13. The molecule has 0 bridgehead atoms. The number of thioether (sulfide) groups is 1. The highest BCUT2D eigenvalue weighted by Crippen LogP contribution is 2.35. The Labute approximate surface area is 182 Å². The largest absolute Gasteiger partial charge is 0.462 e. The molecule has 0 saturated heterocycles. The second kappa shape index (κ2) is 9.39. The summed E-state index contributed by atoms with van der Waals surface area (Å²) in [7, 11) is 0. The average Bonchev–Trinajstić information content (AvgIpc) is 3.31. The summed E-state index contributed by atoms with van der Waals surface area (Å²) < 4.78 is 43.5. The molecule has 0 aliphatic heterocycles. The molecule has 2 heterocycles. The van der Waals surface area contributed by atoms with Crippen molar-refractivity contribution in [3.05, 3.63) is 47.1 Å². The van der Waals surface area contributed by atoms with Gasteiger partial charge in [-0.1, -0.05) is 42.1 Å². The van der Waals surface area contributed by atoms with Crippen LogP contribution >= 0.6 is 23.1 Å². The number of alkyl halides is 3. The van der Waals surface area contributed by atoms with Gasteiger partial charge < -0.3 is 15.9 Å². The van der Waals surface area contributed by atoms with E-state index in [1.165, 1.54) is 0 Å². The van der Waals surface area contributed by atoms with Gasteiger partial charge in [0.15, 0.2) is 0 Å². The van der Waals surface area contributed by atoms with Crippen LogP contribution in [0.3, 0.4) is 0 Å². The summed E-state index contributed by atoms with van der Waals surface area (Å²) >= 11 is 1.84. The highest BCUT2D eigenvalue weighted by atomic mass is 32.2. The minimum Gasteiger partial charge on any atom is -0.462 e. The van der Waals surface area contributed by atoms with Crippen LogP contribution in [0, 0.1) is 0 Å². The first kappa shape index (κ1) is 22.6. The molecule has 0 fully saturated rings. The lowest BCUT2D eigenvalue weighted by molar-refractivity contribution is -0.146. The van der Waals surface area contributed by atoms with E-state index in [-0.39, 0.29) is 32.8 Å². The smallest absolute Gasteiger partial charge is 0.453 e. The number of hydrogen-bond acceptors (Lipinski definition) is 8. The number of halogens is 3. The highest BCUT2D eigenvalue weighted by Gasteiger charge is 2.38. The highest BCUT2D eigenvalue weighted by molar-refractivity contribution is 7.99. The lowest BCUT2D eigenvalue weighted by atomic mass is 10.2. The molecule has 1 amide bonds. The SMILES string of the molecule is CCOC(=O)c1sc(-c2ccccc2)cc1NC(=O)CSc1nnc(C(F)(F)F)n1N. The number of nitrogens with one attached hydrogen (secondary N) is 1. The van der Waals surface area contributed by atoms with Crippen molar-refractivity contribution in [1.82, 2.24) is 14.9 Å². The third-order valence-electron chi connectivity index (χ3n) is 3.78. The Bertz CT molecular complexity index is 1080. The molecule has 3 rings (SSSR count). The Hall–Kier alpha value is -3.06. The lowest BCUT2D eigenvalue weighted by Crippen LogP contribution is -2.22. The maximum absolute atomic E-state index is 12.7. The standard InChI is InChI=1S/C18H16F3N5O3S2/c1-2-29-15(28)14-11(8-12(31-14)10-6-4-3-5-7-10)23-13(27)9-30-17-25-24-16(26(17)22)18(19,20)21/h3-8H,2,9,22H2,1H3,(H,23,27). The van der Waals surface area contributed by atoms with Gasteiger partial charge in [-0.15, -0.1) is 21.5 Å². The molecule has 0 atom stereocenters. The molecule has 0 spiro atoms. The van der Waals surface area contributed by atoms with Gasteiger partial charge in [0.2, 0.25) is 11.1 Å². The summed E-state index contributed by atoms with van der Waals surface area (Å²) in [4.78, 5) is 25.6. The van der Waals surface area contributed by atoms with E-state index in [1.54, 1.807) is 13.0 Å². The Morgan fingerprint density at radius 1 is 1.26 bits per heavy atom. The predicted octanol–water partition coefficient (Wildman–Crippen LogP) is 3.65. The van der Waals surface area contributed by atoms with Gasteiger partial charge in [0.05, 0.1) is 18.0 Å². The summed E-state index contributed by atoms with van der Waals surface area (Å²) in [5.41, 5.74) is 1.10. The fraction of sp³-hybridized carbons (Fsp3) is 0.222. The van der Waals surface area contributed by atoms with E-state index in [1.807, 2.05) is 30.3 Å². The zero-order valence-electron chi connectivity index (χ0n) is 16.0. The van der Waals surface area contributed by atoms with Crippen molar-refractivity contribution in [2.24, 2.45) is 0 Å². The summed E-state index contributed by atoms with van der Waals surface area (Å²) in [6.45, 7) is 1.82. The van der Waals surface area contributed by atoms with Crippen LogP contribution in [0.1, 0.15) is 22.4 Å². The zero-order valence-corrected chi connectivity index (χ0v) is 17.6. The number of aromatic nitrogens is 3. The van der Waals surface area contributed by atoms with E-state index in [4.69, 9.17) is 10.6 Å². The molecule has 8 nitrogen and oxygen atoms in total. The van der Waals surface area contributed by atoms with Gasteiger partial charge in [-0.25, -0.2) is 9.47 Å². The number of nitrogens with zero attached hydrogens (tertiary/aromatic N) is 3. The van der Waals surface area contributed by atoms with Gasteiger partial charge in [0.1, 0.15) is 4.88 Å². The molecule has 0 unspecified atom stereocenters. The number of anilines is 1. The van der Waals surface area contributed by atoms with E-state index in [0.29, 0.717) is 11.8 Å². The third-order valence-corrected chi connectivity index (χ3v) is 5.88. The zero-order chi connectivity index (χ0) is 22.6. The van der Waals surface area contributed by atoms with Crippen LogP contribution < -0.4 is 11.2 Å². The Kier molecular flexibility index (Phi) is 6.85. The van der Waals surface area contributed by atoms with E-state index < -0.39 is 23.9 Å². The molecule has 0 radical (unpaired) electrons. The van der Waals surface area contributed by atoms with Crippen LogP contribution in [0.5, 0.6) is 0 Å². The number of benzene rings is 1. The molecule has 0 saturated carbocycles. The maximum Gasteiger partial charge on any atom is 0.453 e. The maximum atomic E-state index is 12.7. The monoisotopic (exact) mass is 471 g/mol. The number of hydrogen-bond donors (Lipinski definition) is 2. The van der Waals surface area contributed by atoms with Crippen LogP contribution in [-0.4, -0.2) is 39.1 Å². The summed E-state index contributed by atoms with van der Waals surface area (Å²) in [6.07, 6.45) is -4.76. The number of thiophene rings is 1. The van der Waals surface area contributed by atoms with Crippen LogP contribution in [-0.2, 0) is 15.7 Å². The van der Waals surface area contributed by atoms with E-state index >= 15 is 0 Å².